The van der Waals surface area contributed by atoms with Crippen molar-refractivity contribution in [1.82, 2.24) is 0 Å². The van der Waals surface area contributed by atoms with Crippen LogP contribution in [0.5, 0.6) is 0 Å². The molecule has 0 aliphatic rings. The van der Waals surface area contributed by atoms with Crippen LogP contribution in [0.15, 0.2) is 42.5 Å². The number of hydrogen-bond donors (Lipinski definition) is 2. The lowest BCUT2D eigenvalue weighted by atomic mass is 10.0. The van der Waals surface area contributed by atoms with Gasteiger partial charge in [0.25, 0.3) is 0 Å². The number of carboxylic acid groups (broad SMARTS) is 1. The monoisotopic (exact) mass is 269 g/mol. The van der Waals surface area contributed by atoms with Crippen LogP contribution in [0.4, 0.5) is 5.69 Å². The molecule has 0 aliphatic carbocycles. The average Bonchev–Trinajstić information content (AvgIpc) is 2.39. The van der Waals surface area contributed by atoms with Crippen molar-refractivity contribution in [1.29, 1.82) is 0 Å². The molecule has 2 N–H and O–H groups in total. The molecule has 3 nitrogen and oxygen atoms in total. The van der Waals surface area contributed by atoms with Crippen LogP contribution in [0.25, 0.3) is 0 Å². The molecular formula is C17H19NO2. The maximum atomic E-state index is 11.0. The number of rotatable bonds is 4. The van der Waals surface area contributed by atoms with E-state index >= 15 is 0 Å². The van der Waals surface area contributed by atoms with Crippen LogP contribution in [-0.2, 0) is 0 Å². The molecule has 1 unspecified atom stereocenters. The van der Waals surface area contributed by atoms with E-state index < -0.39 is 5.97 Å². The molecule has 0 radical (unpaired) electrons. The van der Waals surface area contributed by atoms with Crippen molar-refractivity contribution in [2.24, 2.45) is 0 Å². The van der Waals surface area contributed by atoms with Crippen LogP contribution in [0, 0.1) is 13.8 Å². The second-order valence-corrected chi connectivity index (χ2v) is 5.11. The third kappa shape index (κ3) is 3.18. The molecule has 0 amide bonds. The van der Waals surface area contributed by atoms with Gasteiger partial charge in [0.15, 0.2) is 0 Å². The van der Waals surface area contributed by atoms with E-state index in [4.69, 9.17) is 5.11 Å². The summed E-state index contributed by atoms with van der Waals surface area (Å²) in [5.74, 6) is -0.888. The molecule has 0 heterocycles. The summed E-state index contributed by atoms with van der Waals surface area (Å²) in [5.41, 5.74) is 4.48. The van der Waals surface area contributed by atoms with E-state index in [1.165, 1.54) is 11.1 Å². The van der Waals surface area contributed by atoms with E-state index in [1.54, 1.807) is 12.1 Å². The molecule has 20 heavy (non-hydrogen) atoms. The Labute approximate surface area is 119 Å². The number of benzene rings is 2. The topological polar surface area (TPSA) is 49.3 Å². The fraction of sp³-hybridized carbons (Fsp3) is 0.235. The molecule has 0 saturated carbocycles. The first-order valence-electron chi connectivity index (χ1n) is 6.64. The summed E-state index contributed by atoms with van der Waals surface area (Å²) in [6, 6.07) is 13.9. The van der Waals surface area contributed by atoms with E-state index in [2.05, 4.69) is 43.4 Å². The summed E-state index contributed by atoms with van der Waals surface area (Å²) in [6.45, 7) is 5.96. The Kier molecular flexibility index (Phi) is 4.08. The summed E-state index contributed by atoms with van der Waals surface area (Å²) in [4.78, 5) is 11.0. The van der Waals surface area contributed by atoms with E-state index in [1.807, 2.05) is 13.0 Å². The standard InChI is InChI=1S/C17H19NO2/c1-11-4-6-14(7-5-11)13(3)18-15-8-9-16(17(19)20)12(2)10-15/h4-10,13,18H,1-3H3,(H,19,20). The van der Waals surface area contributed by atoms with Gasteiger partial charge in [-0.25, -0.2) is 4.79 Å². The highest BCUT2D eigenvalue weighted by Gasteiger charge is 2.09. The van der Waals surface area contributed by atoms with Gasteiger partial charge in [-0.15, -0.1) is 0 Å². The molecule has 0 saturated heterocycles. The number of hydrogen-bond acceptors (Lipinski definition) is 2. The zero-order valence-corrected chi connectivity index (χ0v) is 12.0. The third-order valence-corrected chi connectivity index (χ3v) is 3.42. The van der Waals surface area contributed by atoms with Gasteiger partial charge in [0.05, 0.1) is 5.56 Å². The molecular weight excluding hydrogens is 250 g/mol. The van der Waals surface area contributed by atoms with Crippen LogP contribution in [0.1, 0.15) is 40.0 Å². The fourth-order valence-electron chi connectivity index (χ4n) is 2.18. The quantitative estimate of drug-likeness (QED) is 0.875. The zero-order chi connectivity index (χ0) is 14.7. The maximum absolute atomic E-state index is 11.0. The van der Waals surface area contributed by atoms with Gasteiger partial charge in [0.2, 0.25) is 0 Å². The Bertz CT molecular complexity index is 617. The molecule has 0 bridgehead atoms. The number of aromatic carboxylic acids is 1. The minimum absolute atomic E-state index is 0.172. The van der Waals surface area contributed by atoms with Gasteiger partial charge in [0.1, 0.15) is 0 Å². The Morgan fingerprint density at radius 2 is 1.75 bits per heavy atom. The number of carboxylic acids is 1. The summed E-state index contributed by atoms with van der Waals surface area (Å²) < 4.78 is 0. The van der Waals surface area contributed by atoms with Gasteiger partial charge in [-0.05, 0) is 50.1 Å². The Hall–Kier alpha value is -2.29. The first kappa shape index (κ1) is 14.1. The molecule has 0 fully saturated rings. The van der Waals surface area contributed by atoms with Crippen molar-refractivity contribution in [2.45, 2.75) is 26.8 Å². The van der Waals surface area contributed by atoms with Crippen molar-refractivity contribution in [2.75, 3.05) is 5.32 Å². The van der Waals surface area contributed by atoms with E-state index in [9.17, 15) is 4.79 Å². The van der Waals surface area contributed by atoms with Crippen molar-refractivity contribution < 1.29 is 9.90 Å². The fourth-order valence-corrected chi connectivity index (χ4v) is 2.18. The van der Waals surface area contributed by atoms with Crippen LogP contribution in [0.2, 0.25) is 0 Å². The van der Waals surface area contributed by atoms with E-state index in [-0.39, 0.29) is 6.04 Å². The number of carbonyl (C=O) groups is 1. The first-order chi connectivity index (χ1) is 9.47. The van der Waals surface area contributed by atoms with Crippen molar-refractivity contribution in [3.05, 3.63) is 64.7 Å². The normalized spacial score (nSPS) is 11.9. The number of aryl methyl sites for hydroxylation is 2. The predicted molar refractivity (Wildman–Crippen MR) is 81.4 cm³/mol. The largest absolute Gasteiger partial charge is 0.478 e. The van der Waals surface area contributed by atoms with Gasteiger partial charge >= 0.3 is 5.97 Å². The maximum Gasteiger partial charge on any atom is 0.335 e. The van der Waals surface area contributed by atoms with Crippen LogP contribution < -0.4 is 5.32 Å². The SMILES string of the molecule is Cc1ccc(C(C)Nc2ccc(C(=O)O)c(C)c2)cc1. The summed E-state index contributed by atoms with van der Waals surface area (Å²) >= 11 is 0. The molecule has 2 aromatic carbocycles. The van der Waals surface area contributed by atoms with Gasteiger partial charge in [0, 0.05) is 11.7 Å². The Balaban J connectivity index is 2.15. The molecule has 2 aromatic rings. The molecule has 0 aromatic heterocycles. The highest BCUT2D eigenvalue weighted by atomic mass is 16.4. The van der Waals surface area contributed by atoms with Gasteiger partial charge in [-0.1, -0.05) is 29.8 Å². The zero-order valence-electron chi connectivity index (χ0n) is 12.0. The van der Waals surface area contributed by atoms with Crippen LogP contribution in [0.3, 0.4) is 0 Å². The number of nitrogens with one attached hydrogen (secondary N) is 1. The van der Waals surface area contributed by atoms with E-state index in [0.29, 0.717) is 5.56 Å². The first-order valence-corrected chi connectivity index (χ1v) is 6.64. The van der Waals surface area contributed by atoms with Gasteiger partial charge in [-0.2, -0.15) is 0 Å². The lowest BCUT2D eigenvalue weighted by Crippen LogP contribution is -2.07. The molecule has 2 rings (SSSR count). The van der Waals surface area contributed by atoms with Crippen molar-refractivity contribution in [3.8, 4) is 0 Å². The van der Waals surface area contributed by atoms with Crippen LogP contribution in [-0.4, -0.2) is 11.1 Å². The van der Waals surface area contributed by atoms with Gasteiger partial charge in [-0.3, -0.25) is 0 Å². The average molecular weight is 269 g/mol. The second-order valence-electron chi connectivity index (χ2n) is 5.11. The highest BCUT2D eigenvalue weighted by molar-refractivity contribution is 5.89. The number of anilines is 1. The smallest absolute Gasteiger partial charge is 0.335 e. The molecule has 104 valence electrons. The van der Waals surface area contributed by atoms with Crippen LogP contribution >= 0.6 is 0 Å². The predicted octanol–water partition coefficient (Wildman–Crippen LogP) is 4.17. The summed E-state index contributed by atoms with van der Waals surface area (Å²) in [7, 11) is 0. The molecule has 0 spiro atoms. The summed E-state index contributed by atoms with van der Waals surface area (Å²) in [5, 5.41) is 12.4. The third-order valence-electron chi connectivity index (χ3n) is 3.42. The Morgan fingerprint density at radius 1 is 1.10 bits per heavy atom. The second kappa shape index (κ2) is 5.78. The Morgan fingerprint density at radius 3 is 2.30 bits per heavy atom. The van der Waals surface area contributed by atoms with Gasteiger partial charge < -0.3 is 10.4 Å². The van der Waals surface area contributed by atoms with E-state index in [0.717, 1.165) is 11.3 Å². The molecule has 1 atom stereocenters. The van der Waals surface area contributed by atoms with Crippen molar-refractivity contribution >= 4 is 11.7 Å². The molecule has 0 aliphatic heterocycles. The minimum Gasteiger partial charge on any atom is -0.478 e. The highest BCUT2D eigenvalue weighted by Crippen LogP contribution is 2.22. The summed E-state index contributed by atoms with van der Waals surface area (Å²) in [6.07, 6.45) is 0. The lowest BCUT2D eigenvalue weighted by molar-refractivity contribution is 0.0696. The molecule has 3 heteroatoms. The lowest BCUT2D eigenvalue weighted by Gasteiger charge is -2.17. The van der Waals surface area contributed by atoms with Crippen molar-refractivity contribution in [3.63, 3.8) is 0 Å². The minimum atomic E-state index is -0.888.